The fourth-order valence-corrected chi connectivity index (χ4v) is 2.13. The molecule has 20 heavy (non-hydrogen) atoms. The van der Waals surface area contributed by atoms with Gasteiger partial charge in [-0.1, -0.05) is 27.5 Å². The Bertz CT molecular complexity index is 664. The van der Waals surface area contributed by atoms with Gasteiger partial charge in [0.1, 0.15) is 17.3 Å². The number of amides is 1. The summed E-state index contributed by atoms with van der Waals surface area (Å²) in [4.78, 5) is 16.1. The third-order valence-electron chi connectivity index (χ3n) is 2.49. The Kier molecular flexibility index (Phi) is 4.46. The Balaban J connectivity index is 2.32. The van der Waals surface area contributed by atoms with Crippen molar-refractivity contribution in [2.75, 3.05) is 18.2 Å². The molecule has 2 rings (SSSR count). The van der Waals surface area contributed by atoms with Gasteiger partial charge in [0, 0.05) is 4.47 Å². The van der Waals surface area contributed by atoms with E-state index in [0.29, 0.717) is 11.4 Å². The van der Waals surface area contributed by atoms with Crippen molar-refractivity contribution >= 4 is 44.9 Å². The smallest absolute Gasteiger partial charge is 0.276 e. The molecular formula is C13H11BrClN3O2. The maximum Gasteiger partial charge on any atom is 0.276 e. The molecule has 3 N–H and O–H groups in total. The molecule has 7 heteroatoms. The van der Waals surface area contributed by atoms with Crippen LogP contribution >= 0.6 is 27.5 Å². The van der Waals surface area contributed by atoms with Crippen LogP contribution in [0.15, 0.2) is 34.8 Å². The maximum atomic E-state index is 12.2. The molecule has 1 amide bonds. The van der Waals surface area contributed by atoms with E-state index in [4.69, 9.17) is 22.1 Å². The topological polar surface area (TPSA) is 77.2 Å². The molecule has 104 valence electrons. The summed E-state index contributed by atoms with van der Waals surface area (Å²) in [7, 11) is 1.52. The van der Waals surface area contributed by atoms with Crippen LogP contribution < -0.4 is 15.8 Å². The van der Waals surface area contributed by atoms with Crippen molar-refractivity contribution in [2.45, 2.75) is 0 Å². The van der Waals surface area contributed by atoms with Crippen molar-refractivity contribution in [1.29, 1.82) is 0 Å². The standard InChI is InChI=1S/C13H11BrClN3O2/c1-20-10-4-2-7(14)6-9(10)17-13(19)12-8(15)3-5-11(16)18-12/h2-6H,1H3,(H2,16,18)(H,17,19). The number of nitrogens with zero attached hydrogens (tertiary/aromatic N) is 1. The normalized spacial score (nSPS) is 10.2. The monoisotopic (exact) mass is 355 g/mol. The van der Waals surface area contributed by atoms with Gasteiger partial charge >= 0.3 is 0 Å². The second kappa shape index (κ2) is 6.11. The van der Waals surface area contributed by atoms with Gasteiger partial charge in [-0.05, 0) is 30.3 Å². The number of hydrogen-bond acceptors (Lipinski definition) is 4. The van der Waals surface area contributed by atoms with E-state index in [0.717, 1.165) is 4.47 Å². The number of pyridine rings is 1. The summed E-state index contributed by atoms with van der Waals surface area (Å²) in [6.45, 7) is 0. The first kappa shape index (κ1) is 14.6. The predicted molar refractivity (Wildman–Crippen MR) is 82.3 cm³/mol. The van der Waals surface area contributed by atoms with Gasteiger partial charge in [0.25, 0.3) is 5.91 Å². The van der Waals surface area contributed by atoms with Crippen LogP contribution in [0.3, 0.4) is 0 Å². The molecule has 0 saturated heterocycles. The first-order valence-corrected chi connectivity index (χ1v) is 6.75. The summed E-state index contributed by atoms with van der Waals surface area (Å²) in [6, 6.07) is 8.31. The van der Waals surface area contributed by atoms with Crippen molar-refractivity contribution in [2.24, 2.45) is 0 Å². The number of methoxy groups -OCH3 is 1. The quantitative estimate of drug-likeness (QED) is 0.884. The van der Waals surface area contributed by atoms with Crippen LogP contribution in [0.2, 0.25) is 5.02 Å². The van der Waals surface area contributed by atoms with Crippen LogP contribution in [-0.4, -0.2) is 18.0 Å². The van der Waals surface area contributed by atoms with Crippen LogP contribution in [0.25, 0.3) is 0 Å². The Morgan fingerprint density at radius 2 is 2.15 bits per heavy atom. The fourth-order valence-electron chi connectivity index (χ4n) is 1.58. The maximum absolute atomic E-state index is 12.2. The zero-order valence-corrected chi connectivity index (χ0v) is 12.8. The molecule has 1 aromatic carbocycles. The van der Waals surface area contributed by atoms with Crippen molar-refractivity contribution in [3.05, 3.63) is 45.5 Å². The number of carbonyl (C=O) groups is 1. The number of anilines is 2. The fraction of sp³-hybridized carbons (Fsp3) is 0.0769. The number of nitrogens with one attached hydrogen (secondary N) is 1. The van der Waals surface area contributed by atoms with Crippen molar-refractivity contribution in [3.8, 4) is 5.75 Å². The number of nitrogens with two attached hydrogens (primary N) is 1. The van der Waals surface area contributed by atoms with Crippen LogP contribution in [0.4, 0.5) is 11.5 Å². The van der Waals surface area contributed by atoms with E-state index in [2.05, 4.69) is 26.2 Å². The molecule has 1 heterocycles. The molecule has 0 unspecified atom stereocenters. The van der Waals surface area contributed by atoms with Crippen LogP contribution in [0.5, 0.6) is 5.75 Å². The van der Waals surface area contributed by atoms with E-state index >= 15 is 0 Å². The van der Waals surface area contributed by atoms with E-state index in [1.807, 2.05) is 0 Å². The first-order chi connectivity index (χ1) is 9.51. The minimum atomic E-state index is -0.460. The average molecular weight is 357 g/mol. The van der Waals surface area contributed by atoms with Gasteiger partial charge in [-0.3, -0.25) is 4.79 Å². The van der Waals surface area contributed by atoms with E-state index in [1.165, 1.54) is 19.2 Å². The second-order valence-corrected chi connectivity index (χ2v) is 5.19. The van der Waals surface area contributed by atoms with Crippen molar-refractivity contribution < 1.29 is 9.53 Å². The van der Waals surface area contributed by atoms with Crippen LogP contribution in [0.1, 0.15) is 10.5 Å². The van der Waals surface area contributed by atoms with E-state index in [-0.39, 0.29) is 16.5 Å². The molecule has 2 aromatic rings. The summed E-state index contributed by atoms with van der Waals surface area (Å²) < 4.78 is 5.98. The number of halogens is 2. The zero-order chi connectivity index (χ0) is 14.7. The lowest BCUT2D eigenvalue weighted by Crippen LogP contribution is -2.15. The lowest BCUT2D eigenvalue weighted by atomic mass is 10.2. The SMILES string of the molecule is COc1ccc(Br)cc1NC(=O)c1nc(N)ccc1Cl. The molecule has 0 aliphatic rings. The summed E-state index contributed by atoms with van der Waals surface area (Å²) in [5.74, 6) is 0.293. The van der Waals surface area contributed by atoms with E-state index in [1.54, 1.807) is 18.2 Å². The van der Waals surface area contributed by atoms with Gasteiger partial charge in [0.05, 0.1) is 17.8 Å². The van der Waals surface area contributed by atoms with Gasteiger partial charge in [-0.15, -0.1) is 0 Å². The third kappa shape index (κ3) is 3.20. The minimum absolute atomic E-state index is 0.0636. The number of aromatic nitrogens is 1. The third-order valence-corrected chi connectivity index (χ3v) is 3.29. The van der Waals surface area contributed by atoms with Crippen molar-refractivity contribution in [3.63, 3.8) is 0 Å². The number of benzene rings is 1. The highest BCUT2D eigenvalue weighted by Gasteiger charge is 2.15. The van der Waals surface area contributed by atoms with Gasteiger partial charge in [0.2, 0.25) is 0 Å². The van der Waals surface area contributed by atoms with E-state index in [9.17, 15) is 4.79 Å². The molecule has 0 aliphatic heterocycles. The highest BCUT2D eigenvalue weighted by atomic mass is 79.9. The number of nitrogen functional groups attached to an aromatic ring is 1. The molecule has 0 saturated carbocycles. The first-order valence-electron chi connectivity index (χ1n) is 5.58. The number of hydrogen-bond donors (Lipinski definition) is 2. The highest BCUT2D eigenvalue weighted by Crippen LogP contribution is 2.28. The molecule has 5 nitrogen and oxygen atoms in total. The van der Waals surface area contributed by atoms with Gasteiger partial charge in [-0.2, -0.15) is 0 Å². The lowest BCUT2D eigenvalue weighted by Gasteiger charge is -2.11. The van der Waals surface area contributed by atoms with Crippen LogP contribution in [-0.2, 0) is 0 Å². The zero-order valence-electron chi connectivity index (χ0n) is 10.5. The predicted octanol–water partition coefficient (Wildman–Crippen LogP) is 3.34. The van der Waals surface area contributed by atoms with Gasteiger partial charge in [0.15, 0.2) is 0 Å². The summed E-state index contributed by atoms with van der Waals surface area (Å²) in [6.07, 6.45) is 0. The van der Waals surface area contributed by atoms with Gasteiger partial charge < -0.3 is 15.8 Å². The molecule has 0 atom stereocenters. The number of carbonyl (C=O) groups excluding carboxylic acids is 1. The molecule has 0 spiro atoms. The summed E-state index contributed by atoms with van der Waals surface area (Å²) >= 11 is 9.27. The Hall–Kier alpha value is -1.79. The number of ether oxygens (including phenoxy) is 1. The summed E-state index contributed by atoms with van der Waals surface area (Å²) in [5, 5.41) is 2.92. The number of rotatable bonds is 3. The Labute approximate surface area is 129 Å². The largest absolute Gasteiger partial charge is 0.495 e. The van der Waals surface area contributed by atoms with Gasteiger partial charge in [-0.25, -0.2) is 4.98 Å². The molecule has 0 bridgehead atoms. The molecule has 0 aliphatic carbocycles. The average Bonchev–Trinajstić information content (AvgIpc) is 2.41. The Morgan fingerprint density at radius 3 is 2.85 bits per heavy atom. The van der Waals surface area contributed by atoms with E-state index < -0.39 is 5.91 Å². The molecule has 0 fully saturated rings. The lowest BCUT2D eigenvalue weighted by molar-refractivity contribution is 0.102. The molecule has 0 radical (unpaired) electrons. The second-order valence-electron chi connectivity index (χ2n) is 3.87. The molecular weight excluding hydrogens is 346 g/mol. The Morgan fingerprint density at radius 1 is 1.40 bits per heavy atom. The minimum Gasteiger partial charge on any atom is -0.495 e. The summed E-state index contributed by atoms with van der Waals surface area (Å²) in [5.41, 5.74) is 6.13. The van der Waals surface area contributed by atoms with Crippen LogP contribution in [0, 0.1) is 0 Å². The molecule has 1 aromatic heterocycles. The highest BCUT2D eigenvalue weighted by molar-refractivity contribution is 9.10. The van der Waals surface area contributed by atoms with Crippen molar-refractivity contribution in [1.82, 2.24) is 4.98 Å².